The summed E-state index contributed by atoms with van der Waals surface area (Å²) in [4.78, 5) is 24.2. The van der Waals surface area contributed by atoms with Crippen molar-refractivity contribution >= 4 is 46.3 Å². The first-order valence-electron chi connectivity index (χ1n) is 11.7. The molecule has 11 nitrogen and oxygen atoms in total. The highest BCUT2D eigenvalue weighted by Crippen LogP contribution is 2.40. The fourth-order valence-electron chi connectivity index (χ4n) is 4.25. The standard InChI is InChI=1S/C24H25ClF2N8O3/c1-12(36)30-18-9-14(5-6-28-18)38-16-11-29-22-21(20(16)25)34(3)23(32-22)31-19-10-17(24(2,26)27)35(33-19)13-7-15(8-13)37-4/h5-6,9-11,13,15H,7-8H2,1-4H3,(H,28,30,36)(H,29,31,32,33)/t13-,15+. The zero-order valence-electron chi connectivity index (χ0n) is 21.0. The van der Waals surface area contributed by atoms with Crippen molar-refractivity contribution in [2.75, 3.05) is 17.7 Å². The van der Waals surface area contributed by atoms with Crippen LogP contribution in [0.3, 0.4) is 0 Å². The third-order valence-corrected chi connectivity index (χ3v) is 6.61. The minimum absolute atomic E-state index is 0.0348. The lowest BCUT2D eigenvalue weighted by molar-refractivity contribution is -0.114. The molecule has 0 aromatic carbocycles. The number of nitrogens with zero attached hydrogens (tertiary/aromatic N) is 6. The van der Waals surface area contributed by atoms with E-state index in [2.05, 4.69) is 30.7 Å². The number of methoxy groups -OCH3 is 1. The lowest BCUT2D eigenvalue weighted by Crippen LogP contribution is -2.35. The quantitative estimate of drug-likeness (QED) is 0.310. The Labute approximate surface area is 221 Å². The number of halogens is 3. The number of carbonyl (C=O) groups is 1. The predicted octanol–water partition coefficient (Wildman–Crippen LogP) is 5.17. The number of nitrogens with one attached hydrogen (secondary N) is 2. The van der Waals surface area contributed by atoms with Gasteiger partial charge in [-0.2, -0.15) is 18.9 Å². The molecule has 4 heterocycles. The Kier molecular flexibility index (Phi) is 6.65. The first-order valence-corrected chi connectivity index (χ1v) is 12.1. The number of amides is 1. The van der Waals surface area contributed by atoms with Gasteiger partial charge in [-0.3, -0.25) is 9.48 Å². The van der Waals surface area contributed by atoms with E-state index >= 15 is 0 Å². The Hall–Kier alpha value is -3.84. The molecule has 14 heteroatoms. The molecule has 4 aromatic heterocycles. The maximum atomic E-state index is 14.4. The lowest BCUT2D eigenvalue weighted by Gasteiger charge is -2.35. The van der Waals surface area contributed by atoms with Crippen LogP contribution in [-0.4, -0.2) is 48.4 Å². The fraction of sp³-hybridized carbons (Fsp3) is 0.375. The summed E-state index contributed by atoms with van der Waals surface area (Å²) in [7, 11) is 3.31. The van der Waals surface area contributed by atoms with E-state index in [1.54, 1.807) is 30.9 Å². The van der Waals surface area contributed by atoms with Gasteiger partial charge in [0, 0.05) is 46.3 Å². The molecule has 1 aliphatic carbocycles. The van der Waals surface area contributed by atoms with Crippen molar-refractivity contribution in [1.29, 1.82) is 0 Å². The molecule has 200 valence electrons. The van der Waals surface area contributed by atoms with E-state index < -0.39 is 5.92 Å². The van der Waals surface area contributed by atoms with E-state index in [0.29, 0.717) is 41.5 Å². The normalized spacial score (nSPS) is 17.3. The van der Waals surface area contributed by atoms with E-state index in [9.17, 15) is 13.6 Å². The van der Waals surface area contributed by atoms with Gasteiger partial charge < -0.3 is 24.7 Å². The zero-order valence-corrected chi connectivity index (χ0v) is 21.8. The van der Waals surface area contributed by atoms with Crippen LogP contribution in [0.4, 0.5) is 26.4 Å². The summed E-state index contributed by atoms with van der Waals surface area (Å²) in [6.07, 6.45) is 4.16. The van der Waals surface area contributed by atoms with Crippen molar-refractivity contribution in [3.63, 3.8) is 0 Å². The molecule has 0 saturated heterocycles. The monoisotopic (exact) mass is 546 g/mol. The number of rotatable bonds is 8. The maximum absolute atomic E-state index is 14.4. The molecular weight excluding hydrogens is 522 g/mol. The summed E-state index contributed by atoms with van der Waals surface area (Å²) >= 11 is 6.65. The summed E-state index contributed by atoms with van der Waals surface area (Å²) in [5, 5.41) is 10.2. The van der Waals surface area contributed by atoms with Gasteiger partial charge in [0.2, 0.25) is 11.9 Å². The summed E-state index contributed by atoms with van der Waals surface area (Å²) in [5.41, 5.74) is 0.592. The Morgan fingerprint density at radius 2 is 2.00 bits per heavy atom. The highest BCUT2D eigenvalue weighted by molar-refractivity contribution is 6.36. The SMILES string of the molecule is CO[C@H]1C[C@@H](n2nc(Nc3nc4ncc(Oc5ccnc(NC(C)=O)c5)c(Cl)c4n3C)cc2C(C)(F)F)C1. The average molecular weight is 547 g/mol. The number of hydrogen-bond donors (Lipinski definition) is 2. The summed E-state index contributed by atoms with van der Waals surface area (Å²) in [5.74, 6) is -1.86. The Bertz CT molecular complexity index is 1510. The first-order chi connectivity index (χ1) is 18.0. The Balaban J connectivity index is 1.42. The van der Waals surface area contributed by atoms with E-state index in [1.165, 1.54) is 30.1 Å². The molecule has 0 radical (unpaired) electrons. The third-order valence-electron chi connectivity index (χ3n) is 6.24. The van der Waals surface area contributed by atoms with E-state index in [0.717, 1.165) is 6.92 Å². The predicted molar refractivity (Wildman–Crippen MR) is 136 cm³/mol. The van der Waals surface area contributed by atoms with Crippen LogP contribution >= 0.6 is 11.6 Å². The van der Waals surface area contributed by atoms with Gasteiger partial charge in [0.1, 0.15) is 27.8 Å². The van der Waals surface area contributed by atoms with Crippen LogP contribution in [0.1, 0.15) is 38.4 Å². The van der Waals surface area contributed by atoms with Crippen LogP contribution in [0.25, 0.3) is 11.2 Å². The topological polar surface area (TPSA) is 121 Å². The molecule has 38 heavy (non-hydrogen) atoms. The first kappa shape index (κ1) is 25.8. The number of imidazole rings is 1. The zero-order chi connectivity index (χ0) is 27.2. The van der Waals surface area contributed by atoms with Crippen molar-refractivity contribution in [2.45, 2.75) is 44.8 Å². The van der Waals surface area contributed by atoms with Crippen LogP contribution in [0.2, 0.25) is 5.02 Å². The summed E-state index contributed by atoms with van der Waals surface area (Å²) in [6.45, 7) is 2.22. The number of anilines is 3. The van der Waals surface area contributed by atoms with Gasteiger partial charge >= 0.3 is 0 Å². The molecular formula is C24H25ClF2N8O3. The van der Waals surface area contributed by atoms with Gasteiger partial charge in [0.15, 0.2) is 17.2 Å². The van der Waals surface area contributed by atoms with Crippen LogP contribution < -0.4 is 15.4 Å². The molecule has 2 N–H and O–H groups in total. The molecule has 1 fully saturated rings. The number of aryl methyl sites for hydroxylation is 1. The summed E-state index contributed by atoms with van der Waals surface area (Å²) < 4.78 is 42.9. The maximum Gasteiger partial charge on any atom is 0.286 e. The molecule has 0 unspecified atom stereocenters. The van der Waals surface area contributed by atoms with Crippen molar-refractivity contribution in [1.82, 2.24) is 29.3 Å². The van der Waals surface area contributed by atoms with Gasteiger partial charge in [-0.05, 0) is 18.9 Å². The highest BCUT2D eigenvalue weighted by atomic mass is 35.5. The molecule has 4 aromatic rings. The summed E-state index contributed by atoms with van der Waals surface area (Å²) in [6, 6.07) is 4.30. The van der Waals surface area contributed by atoms with E-state index in [-0.39, 0.29) is 40.3 Å². The van der Waals surface area contributed by atoms with Gasteiger partial charge in [-0.25, -0.2) is 9.97 Å². The van der Waals surface area contributed by atoms with Crippen molar-refractivity contribution in [2.24, 2.45) is 7.05 Å². The smallest absolute Gasteiger partial charge is 0.286 e. The highest BCUT2D eigenvalue weighted by Gasteiger charge is 2.38. The van der Waals surface area contributed by atoms with Gasteiger partial charge in [0.25, 0.3) is 5.92 Å². The lowest BCUT2D eigenvalue weighted by atomic mass is 9.89. The number of ether oxygens (including phenoxy) is 2. The largest absolute Gasteiger partial charge is 0.454 e. The van der Waals surface area contributed by atoms with Crippen molar-refractivity contribution < 1.29 is 23.0 Å². The second-order valence-electron chi connectivity index (χ2n) is 9.12. The minimum atomic E-state index is -3.08. The molecule has 1 amide bonds. The average Bonchev–Trinajstić information content (AvgIpc) is 3.37. The van der Waals surface area contributed by atoms with Crippen LogP contribution in [-0.2, 0) is 22.5 Å². The second kappa shape index (κ2) is 9.80. The number of alkyl halides is 2. The van der Waals surface area contributed by atoms with E-state index in [1.807, 2.05) is 0 Å². The fourth-order valence-corrected chi connectivity index (χ4v) is 4.55. The van der Waals surface area contributed by atoms with Gasteiger partial charge in [-0.1, -0.05) is 11.6 Å². The number of aromatic nitrogens is 6. The van der Waals surface area contributed by atoms with Crippen molar-refractivity contribution in [3.8, 4) is 11.5 Å². The number of hydrogen-bond acceptors (Lipinski definition) is 8. The molecule has 1 saturated carbocycles. The molecule has 5 rings (SSSR count). The molecule has 1 aliphatic rings. The Morgan fingerprint density at radius 3 is 2.68 bits per heavy atom. The van der Waals surface area contributed by atoms with Crippen molar-refractivity contribution in [3.05, 3.63) is 41.3 Å². The Morgan fingerprint density at radius 1 is 1.24 bits per heavy atom. The molecule has 0 aliphatic heterocycles. The van der Waals surface area contributed by atoms with E-state index in [4.69, 9.17) is 21.1 Å². The molecule has 0 spiro atoms. The molecule has 0 atom stereocenters. The number of fused-ring (bicyclic) bond motifs is 1. The minimum Gasteiger partial charge on any atom is -0.454 e. The second-order valence-corrected chi connectivity index (χ2v) is 9.50. The van der Waals surface area contributed by atoms with Crippen LogP contribution in [0.15, 0.2) is 30.6 Å². The van der Waals surface area contributed by atoms with Gasteiger partial charge in [-0.15, -0.1) is 0 Å². The van der Waals surface area contributed by atoms with Crippen LogP contribution in [0, 0.1) is 0 Å². The number of pyridine rings is 2. The van der Waals surface area contributed by atoms with Gasteiger partial charge in [0.05, 0.1) is 18.3 Å². The molecule has 0 bridgehead atoms. The number of carbonyl (C=O) groups excluding carboxylic acids is 1. The van der Waals surface area contributed by atoms with Crippen LogP contribution in [0.5, 0.6) is 11.5 Å². The third kappa shape index (κ3) is 4.98.